The van der Waals surface area contributed by atoms with E-state index >= 15 is 0 Å². The maximum Gasteiger partial charge on any atom is 0.339 e. The van der Waals surface area contributed by atoms with Crippen molar-refractivity contribution in [3.8, 4) is 0 Å². The minimum Gasteiger partial charge on any atom is -0.478 e. The average molecular weight is 178 g/mol. The van der Waals surface area contributed by atoms with Gasteiger partial charge in [-0.25, -0.2) is 9.78 Å². The van der Waals surface area contributed by atoms with Crippen molar-refractivity contribution in [2.45, 2.75) is 18.8 Å². The molecular weight excluding hydrogens is 168 g/mol. The van der Waals surface area contributed by atoms with Crippen LogP contribution in [0.1, 0.15) is 34.8 Å². The first-order valence-electron chi connectivity index (χ1n) is 4.18. The van der Waals surface area contributed by atoms with Gasteiger partial charge >= 0.3 is 5.97 Å². The SMILES string of the molecule is Nc1nc(C2CC2)ccc1C(=O)O. The first kappa shape index (κ1) is 8.04. The molecular formula is C9H10N2O2. The molecule has 4 nitrogen and oxygen atoms in total. The summed E-state index contributed by atoms with van der Waals surface area (Å²) >= 11 is 0. The molecule has 0 unspecified atom stereocenters. The highest BCUT2D eigenvalue weighted by atomic mass is 16.4. The zero-order valence-corrected chi connectivity index (χ0v) is 7.03. The van der Waals surface area contributed by atoms with Crippen LogP contribution in [0.15, 0.2) is 12.1 Å². The number of rotatable bonds is 2. The molecule has 0 aromatic carbocycles. The maximum absolute atomic E-state index is 10.6. The van der Waals surface area contributed by atoms with Gasteiger partial charge in [0.25, 0.3) is 0 Å². The highest BCUT2D eigenvalue weighted by Crippen LogP contribution is 2.39. The zero-order valence-electron chi connectivity index (χ0n) is 7.03. The summed E-state index contributed by atoms with van der Waals surface area (Å²) in [4.78, 5) is 14.7. The topological polar surface area (TPSA) is 76.2 Å². The van der Waals surface area contributed by atoms with Gasteiger partial charge in [-0.1, -0.05) is 0 Å². The highest BCUT2D eigenvalue weighted by molar-refractivity contribution is 5.92. The van der Waals surface area contributed by atoms with Crippen LogP contribution in [0, 0.1) is 0 Å². The fourth-order valence-corrected chi connectivity index (χ4v) is 1.28. The number of nitrogens with zero attached hydrogens (tertiary/aromatic N) is 1. The number of nitrogens with two attached hydrogens (primary N) is 1. The molecule has 0 atom stereocenters. The first-order valence-corrected chi connectivity index (χ1v) is 4.18. The van der Waals surface area contributed by atoms with Crippen molar-refractivity contribution < 1.29 is 9.90 Å². The Balaban J connectivity index is 2.36. The predicted molar refractivity (Wildman–Crippen MR) is 47.6 cm³/mol. The smallest absolute Gasteiger partial charge is 0.339 e. The molecule has 0 amide bonds. The number of pyridine rings is 1. The lowest BCUT2D eigenvalue weighted by Gasteiger charge is -2.02. The van der Waals surface area contributed by atoms with E-state index < -0.39 is 5.97 Å². The minimum atomic E-state index is -1.02. The van der Waals surface area contributed by atoms with Crippen molar-refractivity contribution in [1.29, 1.82) is 0 Å². The molecule has 13 heavy (non-hydrogen) atoms. The molecule has 68 valence electrons. The molecule has 1 aliphatic rings. The standard InChI is InChI=1S/C9H10N2O2/c10-8-6(9(12)13)3-4-7(11-8)5-1-2-5/h3-5H,1-2H2,(H2,10,11)(H,12,13). The van der Waals surface area contributed by atoms with Gasteiger partial charge in [-0.15, -0.1) is 0 Å². The van der Waals surface area contributed by atoms with Gasteiger partial charge in [0.15, 0.2) is 0 Å². The number of carbonyl (C=O) groups is 1. The molecule has 0 spiro atoms. The van der Waals surface area contributed by atoms with Crippen molar-refractivity contribution in [1.82, 2.24) is 4.98 Å². The number of hydrogen-bond acceptors (Lipinski definition) is 3. The fourth-order valence-electron chi connectivity index (χ4n) is 1.28. The van der Waals surface area contributed by atoms with Crippen molar-refractivity contribution in [3.05, 3.63) is 23.4 Å². The van der Waals surface area contributed by atoms with Gasteiger partial charge in [-0.3, -0.25) is 0 Å². The lowest BCUT2D eigenvalue weighted by atomic mass is 10.2. The first-order chi connectivity index (χ1) is 6.18. The summed E-state index contributed by atoms with van der Waals surface area (Å²) in [7, 11) is 0. The second-order valence-electron chi connectivity index (χ2n) is 3.25. The summed E-state index contributed by atoms with van der Waals surface area (Å²) in [5.41, 5.74) is 6.50. The van der Waals surface area contributed by atoms with Crippen LogP contribution in [-0.4, -0.2) is 16.1 Å². The normalized spacial score (nSPS) is 15.7. The minimum absolute atomic E-state index is 0.0874. The largest absolute Gasteiger partial charge is 0.478 e. The van der Waals surface area contributed by atoms with E-state index in [2.05, 4.69) is 4.98 Å². The lowest BCUT2D eigenvalue weighted by Crippen LogP contribution is -2.05. The van der Waals surface area contributed by atoms with Crippen LogP contribution in [0.5, 0.6) is 0 Å². The third-order valence-electron chi connectivity index (χ3n) is 2.17. The van der Waals surface area contributed by atoms with Crippen molar-refractivity contribution in [2.24, 2.45) is 0 Å². The second-order valence-corrected chi connectivity index (χ2v) is 3.25. The average Bonchev–Trinajstić information content (AvgIpc) is 2.85. The molecule has 1 fully saturated rings. The molecule has 1 aliphatic carbocycles. The molecule has 0 saturated heterocycles. The van der Waals surface area contributed by atoms with Gasteiger partial charge in [0.1, 0.15) is 11.4 Å². The molecule has 0 bridgehead atoms. The molecule has 1 aromatic rings. The van der Waals surface area contributed by atoms with Crippen molar-refractivity contribution in [2.75, 3.05) is 5.73 Å². The summed E-state index contributed by atoms with van der Waals surface area (Å²) < 4.78 is 0. The molecule has 4 heteroatoms. The number of aromatic carboxylic acids is 1. The van der Waals surface area contributed by atoms with Crippen LogP contribution in [0.3, 0.4) is 0 Å². The van der Waals surface area contributed by atoms with Crippen LogP contribution < -0.4 is 5.73 Å². The Kier molecular flexibility index (Phi) is 1.69. The van der Waals surface area contributed by atoms with E-state index in [0.717, 1.165) is 18.5 Å². The number of carboxylic acid groups (broad SMARTS) is 1. The van der Waals surface area contributed by atoms with E-state index in [1.54, 1.807) is 6.07 Å². The van der Waals surface area contributed by atoms with Crippen molar-refractivity contribution in [3.63, 3.8) is 0 Å². The Morgan fingerprint density at radius 2 is 2.23 bits per heavy atom. The van der Waals surface area contributed by atoms with E-state index in [4.69, 9.17) is 10.8 Å². The maximum atomic E-state index is 10.6. The summed E-state index contributed by atoms with van der Waals surface area (Å²) in [6.07, 6.45) is 2.28. The van der Waals surface area contributed by atoms with Gasteiger partial charge in [-0.05, 0) is 25.0 Å². The Hall–Kier alpha value is -1.58. The lowest BCUT2D eigenvalue weighted by molar-refractivity contribution is 0.0697. The molecule has 0 aliphatic heterocycles. The van der Waals surface area contributed by atoms with Gasteiger partial charge in [0.05, 0.1) is 0 Å². The Morgan fingerprint density at radius 3 is 2.69 bits per heavy atom. The second kappa shape index (κ2) is 2.73. The summed E-state index contributed by atoms with van der Waals surface area (Å²) in [6.45, 7) is 0. The van der Waals surface area contributed by atoms with Gasteiger partial charge in [0, 0.05) is 11.6 Å². The third kappa shape index (κ3) is 1.47. The quantitative estimate of drug-likeness (QED) is 0.714. The van der Waals surface area contributed by atoms with Gasteiger partial charge in [0.2, 0.25) is 0 Å². The predicted octanol–water partition coefficient (Wildman–Crippen LogP) is 1.24. The number of nitrogen functional groups attached to an aromatic ring is 1. The third-order valence-corrected chi connectivity index (χ3v) is 2.17. The van der Waals surface area contributed by atoms with E-state index in [-0.39, 0.29) is 11.4 Å². The fraction of sp³-hybridized carbons (Fsp3) is 0.333. The van der Waals surface area contributed by atoms with Crippen LogP contribution >= 0.6 is 0 Å². The van der Waals surface area contributed by atoms with Gasteiger partial charge in [-0.2, -0.15) is 0 Å². The molecule has 1 saturated carbocycles. The van der Waals surface area contributed by atoms with E-state index in [0.29, 0.717) is 5.92 Å². The van der Waals surface area contributed by atoms with E-state index in [9.17, 15) is 4.79 Å². The van der Waals surface area contributed by atoms with E-state index in [1.165, 1.54) is 6.07 Å². The molecule has 1 aromatic heterocycles. The molecule has 0 radical (unpaired) electrons. The Labute approximate surface area is 75.4 Å². The molecule has 3 N–H and O–H groups in total. The summed E-state index contributed by atoms with van der Waals surface area (Å²) in [5.74, 6) is -0.394. The summed E-state index contributed by atoms with van der Waals surface area (Å²) in [5, 5.41) is 8.69. The van der Waals surface area contributed by atoms with Gasteiger partial charge < -0.3 is 10.8 Å². The zero-order chi connectivity index (χ0) is 9.42. The van der Waals surface area contributed by atoms with Crippen LogP contribution in [0.25, 0.3) is 0 Å². The van der Waals surface area contributed by atoms with Crippen molar-refractivity contribution >= 4 is 11.8 Å². The van der Waals surface area contributed by atoms with E-state index in [1.807, 2.05) is 0 Å². The number of carboxylic acids is 1. The number of hydrogen-bond donors (Lipinski definition) is 2. The highest BCUT2D eigenvalue weighted by Gasteiger charge is 2.25. The molecule has 2 rings (SSSR count). The molecule has 1 heterocycles. The number of anilines is 1. The Bertz CT molecular complexity index is 359. The monoisotopic (exact) mass is 178 g/mol. The van der Waals surface area contributed by atoms with Crippen LogP contribution in [-0.2, 0) is 0 Å². The van der Waals surface area contributed by atoms with Crippen LogP contribution in [0.2, 0.25) is 0 Å². The van der Waals surface area contributed by atoms with Crippen LogP contribution in [0.4, 0.5) is 5.82 Å². The summed E-state index contributed by atoms with van der Waals surface area (Å²) in [6, 6.07) is 3.27. The Morgan fingerprint density at radius 1 is 1.54 bits per heavy atom. The number of aromatic nitrogens is 1.